The molecule has 0 atom stereocenters. The van der Waals surface area contributed by atoms with Crippen LogP contribution in [-0.2, 0) is 21.5 Å². The van der Waals surface area contributed by atoms with Crippen molar-refractivity contribution in [2.45, 2.75) is 50.5 Å². The number of ether oxygens (including phenoxy) is 1. The van der Waals surface area contributed by atoms with Gasteiger partial charge in [0.2, 0.25) is 5.91 Å². The van der Waals surface area contributed by atoms with Gasteiger partial charge in [0, 0.05) is 32.8 Å². The van der Waals surface area contributed by atoms with Crippen LogP contribution in [0.4, 0.5) is 5.82 Å². The molecule has 2 fully saturated rings. The quantitative estimate of drug-likeness (QED) is 0.624. The summed E-state index contributed by atoms with van der Waals surface area (Å²) in [4.78, 5) is 24.8. The summed E-state index contributed by atoms with van der Waals surface area (Å²) < 4.78 is 7.44. The van der Waals surface area contributed by atoms with Gasteiger partial charge >= 0.3 is 0 Å². The van der Waals surface area contributed by atoms with Crippen LogP contribution in [0.1, 0.15) is 44.1 Å². The number of rotatable bonds is 6. The minimum Gasteiger partial charge on any atom is -0.381 e. The van der Waals surface area contributed by atoms with Crippen molar-refractivity contribution in [3.05, 3.63) is 48.4 Å². The van der Waals surface area contributed by atoms with Crippen LogP contribution in [-0.4, -0.2) is 58.5 Å². The number of fused-ring (bicyclic) bond motifs is 1. The third-order valence-electron chi connectivity index (χ3n) is 7.03. The molecule has 1 aromatic carbocycles. The molecule has 0 saturated carbocycles. The van der Waals surface area contributed by atoms with E-state index < -0.39 is 5.41 Å². The molecule has 2 aromatic heterocycles. The zero-order chi connectivity index (χ0) is 22.5. The van der Waals surface area contributed by atoms with Gasteiger partial charge < -0.3 is 15.0 Å². The number of aromatic nitrogens is 4. The van der Waals surface area contributed by atoms with Crippen LogP contribution in [0.25, 0.3) is 11.0 Å². The van der Waals surface area contributed by atoms with E-state index in [1.54, 1.807) is 6.33 Å². The molecule has 8 nitrogen and oxygen atoms in total. The lowest BCUT2D eigenvalue weighted by Crippen LogP contribution is -2.48. The molecule has 2 aliphatic rings. The second-order valence-electron chi connectivity index (χ2n) is 9.02. The number of carbonyl (C=O) groups is 1. The average molecular weight is 449 g/mol. The van der Waals surface area contributed by atoms with Gasteiger partial charge in [0.25, 0.3) is 0 Å². The Morgan fingerprint density at radius 2 is 1.79 bits per heavy atom. The summed E-state index contributed by atoms with van der Waals surface area (Å²) in [6, 6.07) is 10.1. The average Bonchev–Trinajstić information content (AvgIpc) is 3.09. The fourth-order valence-electron chi connectivity index (χ4n) is 5.15. The molecule has 2 saturated heterocycles. The summed E-state index contributed by atoms with van der Waals surface area (Å²) in [6.45, 7) is 4.31. The van der Waals surface area contributed by atoms with Crippen molar-refractivity contribution < 1.29 is 9.53 Å². The van der Waals surface area contributed by atoms with Crippen LogP contribution in [0.2, 0.25) is 0 Å². The van der Waals surface area contributed by atoms with Crippen LogP contribution in [0.3, 0.4) is 0 Å². The molecule has 0 bridgehead atoms. The van der Waals surface area contributed by atoms with E-state index in [0.29, 0.717) is 39.1 Å². The van der Waals surface area contributed by atoms with E-state index in [9.17, 15) is 4.79 Å². The smallest absolute Gasteiger partial charge is 0.230 e. The lowest BCUT2D eigenvalue weighted by Gasteiger charge is -2.36. The molecule has 4 heterocycles. The number of nitrogens with one attached hydrogen (secondary N) is 1. The monoisotopic (exact) mass is 448 g/mol. The minimum atomic E-state index is -0.534. The molecule has 5 rings (SSSR count). The Morgan fingerprint density at radius 3 is 2.55 bits per heavy atom. The number of nitrogens with zero attached hydrogens (tertiary/aromatic N) is 5. The molecule has 8 heteroatoms. The molecule has 0 spiro atoms. The summed E-state index contributed by atoms with van der Waals surface area (Å²) >= 11 is 0. The number of hydrogen-bond donors (Lipinski definition) is 1. The third-order valence-corrected chi connectivity index (χ3v) is 7.03. The normalized spacial score (nSPS) is 18.7. The van der Waals surface area contributed by atoms with Gasteiger partial charge in [-0.1, -0.05) is 43.2 Å². The van der Waals surface area contributed by atoms with E-state index in [1.165, 1.54) is 25.7 Å². The van der Waals surface area contributed by atoms with Crippen molar-refractivity contribution in [2.75, 3.05) is 37.7 Å². The van der Waals surface area contributed by atoms with Gasteiger partial charge in [0.05, 0.1) is 23.5 Å². The predicted octanol–water partition coefficient (Wildman–Crippen LogP) is 3.07. The molecular weight excluding hydrogens is 416 g/mol. The van der Waals surface area contributed by atoms with Crippen molar-refractivity contribution >= 4 is 22.8 Å². The fraction of sp³-hybridized carbons (Fsp3) is 0.520. The molecule has 33 heavy (non-hydrogen) atoms. The lowest BCUT2D eigenvalue weighted by atomic mass is 9.73. The van der Waals surface area contributed by atoms with Gasteiger partial charge in [-0.2, -0.15) is 5.10 Å². The van der Waals surface area contributed by atoms with Gasteiger partial charge in [-0.15, -0.1) is 0 Å². The lowest BCUT2D eigenvalue weighted by molar-refractivity contribution is -0.130. The van der Waals surface area contributed by atoms with Crippen LogP contribution in [0.5, 0.6) is 0 Å². The maximum Gasteiger partial charge on any atom is 0.230 e. The largest absolute Gasteiger partial charge is 0.381 e. The van der Waals surface area contributed by atoms with Crippen LogP contribution < -0.4 is 10.2 Å². The first-order chi connectivity index (χ1) is 16.3. The van der Waals surface area contributed by atoms with E-state index in [-0.39, 0.29) is 5.91 Å². The fourth-order valence-corrected chi connectivity index (χ4v) is 5.15. The number of benzene rings is 1. The van der Waals surface area contributed by atoms with E-state index >= 15 is 0 Å². The summed E-state index contributed by atoms with van der Waals surface area (Å²) in [5.41, 5.74) is 1.35. The van der Waals surface area contributed by atoms with Gasteiger partial charge in [-0.3, -0.25) is 4.79 Å². The van der Waals surface area contributed by atoms with Gasteiger partial charge in [0.1, 0.15) is 12.1 Å². The van der Waals surface area contributed by atoms with Gasteiger partial charge in [0.15, 0.2) is 5.65 Å². The second kappa shape index (κ2) is 9.87. The highest BCUT2D eigenvalue weighted by molar-refractivity contribution is 5.88. The molecule has 0 radical (unpaired) electrons. The Labute approximate surface area is 194 Å². The van der Waals surface area contributed by atoms with E-state index in [2.05, 4.69) is 25.3 Å². The summed E-state index contributed by atoms with van der Waals surface area (Å²) in [7, 11) is 0. The van der Waals surface area contributed by atoms with Crippen molar-refractivity contribution in [1.29, 1.82) is 0 Å². The molecule has 2 aliphatic heterocycles. The maximum atomic E-state index is 13.4. The number of anilines is 1. The van der Waals surface area contributed by atoms with E-state index in [0.717, 1.165) is 35.5 Å². The molecule has 1 amide bonds. The standard InChI is InChI=1S/C25H32N6O2/c32-24(25(10-16-33-17-11-25)20-8-4-3-5-9-20)26-12-15-31-23-21(18-29-31)22(27-19-28-23)30-13-6-1-2-7-14-30/h3-5,8-9,18-19H,1-2,6-7,10-17H2,(H,26,32). The first-order valence-corrected chi connectivity index (χ1v) is 12.1. The minimum absolute atomic E-state index is 0.0633. The molecule has 174 valence electrons. The predicted molar refractivity (Wildman–Crippen MR) is 127 cm³/mol. The zero-order valence-corrected chi connectivity index (χ0v) is 19.1. The Balaban J connectivity index is 1.29. The molecule has 1 N–H and O–H groups in total. The number of carbonyl (C=O) groups excluding carboxylic acids is 1. The Bertz CT molecular complexity index is 1070. The van der Waals surface area contributed by atoms with Crippen LogP contribution >= 0.6 is 0 Å². The van der Waals surface area contributed by atoms with Gasteiger partial charge in [-0.25, -0.2) is 14.6 Å². The molecular formula is C25H32N6O2. The van der Waals surface area contributed by atoms with E-state index in [1.807, 2.05) is 41.2 Å². The summed E-state index contributed by atoms with van der Waals surface area (Å²) in [5, 5.41) is 8.73. The van der Waals surface area contributed by atoms with Crippen molar-refractivity contribution in [3.63, 3.8) is 0 Å². The Kier molecular flexibility index (Phi) is 6.53. The highest BCUT2D eigenvalue weighted by Gasteiger charge is 2.41. The van der Waals surface area contributed by atoms with Crippen molar-refractivity contribution in [3.8, 4) is 0 Å². The summed E-state index contributed by atoms with van der Waals surface area (Å²) in [6.07, 6.45) is 9.83. The second-order valence-corrected chi connectivity index (χ2v) is 9.02. The topological polar surface area (TPSA) is 85.2 Å². The highest BCUT2D eigenvalue weighted by Crippen LogP contribution is 2.35. The molecule has 3 aromatic rings. The SMILES string of the molecule is O=C(NCCn1ncc2c(N3CCCCCC3)ncnc21)C1(c2ccccc2)CCOCC1. The van der Waals surface area contributed by atoms with Crippen LogP contribution in [0, 0.1) is 0 Å². The molecule has 0 unspecified atom stereocenters. The Morgan fingerprint density at radius 1 is 1.03 bits per heavy atom. The van der Waals surface area contributed by atoms with Crippen molar-refractivity contribution in [1.82, 2.24) is 25.1 Å². The van der Waals surface area contributed by atoms with E-state index in [4.69, 9.17) is 4.74 Å². The molecule has 0 aliphatic carbocycles. The third kappa shape index (κ3) is 4.44. The van der Waals surface area contributed by atoms with Crippen molar-refractivity contribution in [2.24, 2.45) is 0 Å². The maximum absolute atomic E-state index is 13.4. The number of hydrogen-bond acceptors (Lipinski definition) is 6. The van der Waals surface area contributed by atoms with Gasteiger partial charge in [-0.05, 0) is 31.2 Å². The summed E-state index contributed by atoms with van der Waals surface area (Å²) in [5.74, 6) is 1.04. The Hall–Kier alpha value is -3.00. The number of amides is 1. The first-order valence-electron chi connectivity index (χ1n) is 12.1. The van der Waals surface area contributed by atoms with Crippen LogP contribution in [0.15, 0.2) is 42.9 Å². The zero-order valence-electron chi connectivity index (χ0n) is 19.1. The first kappa shape index (κ1) is 21.8. The highest BCUT2D eigenvalue weighted by atomic mass is 16.5.